The second-order valence-corrected chi connectivity index (χ2v) is 7.37. The molecule has 1 aromatic carbocycles. The van der Waals surface area contributed by atoms with E-state index in [9.17, 15) is 9.32 Å². The molecule has 1 unspecified atom stereocenters. The monoisotopic (exact) mass is 311 g/mol. The van der Waals surface area contributed by atoms with Gasteiger partial charge >= 0.3 is 0 Å². The second-order valence-electron chi connectivity index (χ2n) is 5.67. The van der Waals surface area contributed by atoms with Crippen LogP contribution < -0.4 is 0 Å². The van der Waals surface area contributed by atoms with E-state index in [1.165, 1.54) is 0 Å². The number of benzene rings is 1. The third-order valence-corrected chi connectivity index (χ3v) is 5.28. The normalized spacial score (nSPS) is 24.1. The lowest BCUT2D eigenvalue weighted by Gasteiger charge is -2.32. The highest BCUT2D eigenvalue weighted by atomic mass is 32.2. The quantitative estimate of drug-likeness (QED) is 0.827. The van der Waals surface area contributed by atoms with Gasteiger partial charge in [-0.25, -0.2) is 0 Å². The van der Waals surface area contributed by atoms with Crippen molar-refractivity contribution in [3.63, 3.8) is 0 Å². The van der Waals surface area contributed by atoms with Gasteiger partial charge in [-0.15, -0.1) is 0 Å². The summed E-state index contributed by atoms with van der Waals surface area (Å²) in [5.41, 5.74) is 1.12. The Morgan fingerprint density at radius 3 is 2.67 bits per heavy atom. The maximum Gasteiger partial charge on any atom is 0.0900 e. The minimum atomic E-state index is -0.630. The smallest absolute Gasteiger partial charge is 0.0900 e. The summed E-state index contributed by atoms with van der Waals surface area (Å²) in [4.78, 5) is 2.17. The molecule has 0 aromatic heterocycles. The Kier molecular flexibility index (Phi) is 6.83. The molecule has 5 heteroatoms. The molecule has 1 aromatic rings. The highest BCUT2D eigenvalue weighted by molar-refractivity contribution is 7.85. The Morgan fingerprint density at radius 2 is 2.00 bits per heavy atom. The molecule has 1 saturated heterocycles. The van der Waals surface area contributed by atoms with Crippen LogP contribution in [0.3, 0.4) is 0 Å². The van der Waals surface area contributed by atoms with Crippen LogP contribution >= 0.6 is 0 Å². The van der Waals surface area contributed by atoms with Crippen molar-refractivity contribution in [3.8, 4) is 0 Å². The Hall–Kier alpha value is -0.750. The van der Waals surface area contributed by atoms with Crippen LogP contribution in [0.5, 0.6) is 0 Å². The molecule has 1 atom stereocenters. The van der Waals surface area contributed by atoms with Gasteiger partial charge in [0.15, 0.2) is 0 Å². The van der Waals surface area contributed by atoms with Gasteiger partial charge in [0.25, 0.3) is 0 Å². The summed E-state index contributed by atoms with van der Waals surface area (Å²) < 4.78 is 16.9. The maximum absolute atomic E-state index is 11.4. The maximum atomic E-state index is 11.4. The highest BCUT2D eigenvalue weighted by Gasteiger charge is 2.22. The van der Waals surface area contributed by atoms with Crippen LogP contribution in [-0.2, 0) is 22.1 Å². The molecule has 0 bridgehead atoms. The first-order chi connectivity index (χ1) is 10.1. The van der Waals surface area contributed by atoms with E-state index in [0.29, 0.717) is 25.8 Å². The van der Waals surface area contributed by atoms with Crippen molar-refractivity contribution < 1.29 is 14.1 Å². The number of nitrogens with zero attached hydrogens (tertiary/aromatic N) is 1. The van der Waals surface area contributed by atoms with Gasteiger partial charge in [-0.2, -0.15) is 0 Å². The predicted octanol–water partition coefficient (Wildman–Crippen LogP) is 1.41. The highest BCUT2D eigenvalue weighted by Crippen LogP contribution is 2.15. The van der Waals surface area contributed by atoms with Crippen molar-refractivity contribution in [1.29, 1.82) is 0 Å². The zero-order valence-corrected chi connectivity index (χ0v) is 13.4. The van der Waals surface area contributed by atoms with Gasteiger partial charge in [0.05, 0.1) is 19.3 Å². The molecule has 0 spiro atoms. The van der Waals surface area contributed by atoms with Crippen molar-refractivity contribution >= 4 is 10.8 Å². The van der Waals surface area contributed by atoms with Gasteiger partial charge in [-0.05, 0) is 25.5 Å². The lowest BCUT2D eigenvalue weighted by atomic mass is 10.1. The number of likely N-dealkylation sites (N-methyl/N-ethyl adjacent to an activating group) is 1. The average Bonchev–Trinajstić information content (AvgIpc) is 2.49. The SMILES string of the molecule is CN(CC(O)COCc1ccccc1)C1CCS(=O)CC1. The van der Waals surface area contributed by atoms with Crippen LogP contribution in [-0.4, -0.2) is 58.1 Å². The van der Waals surface area contributed by atoms with Gasteiger partial charge in [0.1, 0.15) is 0 Å². The summed E-state index contributed by atoms with van der Waals surface area (Å²) in [6, 6.07) is 10.4. The van der Waals surface area contributed by atoms with Crippen molar-refractivity contribution in [1.82, 2.24) is 4.90 Å². The van der Waals surface area contributed by atoms with E-state index in [4.69, 9.17) is 4.74 Å². The standard InChI is InChI=1S/C16H25NO3S/c1-17(15-7-9-21(19)10-8-15)11-16(18)13-20-12-14-5-3-2-4-6-14/h2-6,15-16,18H,7-13H2,1H3. The van der Waals surface area contributed by atoms with Crippen LogP contribution in [0.15, 0.2) is 30.3 Å². The molecule has 0 radical (unpaired) electrons. The number of hydrogen-bond acceptors (Lipinski definition) is 4. The van der Waals surface area contributed by atoms with Crippen molar-refractivity contribution in [2.75, 3.05) is 31.7 Å². The van der Waals surface area contributed by atoms with E-state index >= 15 is 0 Å². The lowest BCUT2D eigenvalue weighted by Crippen LogP contribution is -2.42. The van der Waals surface area contributed by atoms with E-state index in [2.05, 4.69) is 4.90 Å². The average molecular weight is 311 g/mol. The zero-order valence-electron chi connectivity index (χ0n) is 12.6. The van der Waals surface area contributed by atoms with Crippen LogP contribution in [0.25, 0.3) is 0 Å². The van der Waals surface area contributed by atoms with E-state index in [0.717, 1.165) is 29.9 Å². The fourth-order valence-electron chi connectivity index (χ4n) is 2.64. The van der Waals surface area contributed by atoms with Gasteiger partial charge in [-0.3, -0.25) is 4.21 Å². The number of hydrogen-bond donors (Lipinski definition) is 1. The third kappa shape index (κ3) is 5.87. The largest absolute Gasteiger partial charge is 0.389 e. The van der Waals surface area contributed by atoms with E-state index in [-0.39, 0.29) is 0 Å². The Labute approximate surface area is 129 Å². The summed E-state index contributed by atoms with van der Waals surface area (Å²) in [7, 11) is 1.40. The van der Waals surface area contributed by atoms with Crippen LogP contribution in [0.1, 0.15) is 18.4 Å². The number of aliphatic hydroxyl groups excluding tert-OH is 1. The number of aliphatic hydroxyl groups is 1. The molecule has 1 aliphatic rings. The Morgan fingerprint density at radius 1 is 1.33 bits per heavy atom. The van der Waals surface area contributed by atoms with E-state index < -0.39 is 16.9 Å². The van der Waals surface area contributed by atoms with E-state index in [1.54, 1.807) is 0 Å². The van der Waals surface area contributed by atoms with Gasteiger partial charge in [-0.1, -0.05) is 30.3 Å². The molecular formula is C16H25NO3S. The molecular weight excluding hydrogens is 286 g/mol. The number of rotatable bonds is 7. The first kappa shape index (κ1) is 16.6. The Balaban J connectivity index is 1.64. The molecule has 21 heavy (non-hydrogen) atoms. The lowest BCUT2D eigenvalue weighted by molar-refractivity contribution is 0.00695. The topological polar surface area (TPSA) is 49.8 Å². The molecule has 1 N–H and O–H groups in total. The predicted molar refractivity (Wildman–Crippen MR) is 85.6 cm³/mol. The molecule has 1 heterocycles. The van der Waals surface area contributed by atoms with Crippen LogP contribution in [0.2, 0.25) is 0 Å². The molecule has 1 aliphatic heterocycles. The summed E-state index contributed by atoms with van der Waals surface area (Å²) in [6.45, 7) is 1.48. The first-order valence-electron chi connectivity index (χ1n) is 7.50. The van der Waals surface area contributed by atoms with Gasteiger partial charge in [0, 0.05) is 34.9 Å². The molecule has 1 fully saturated rings. The molecule has 4 nitrogen and oxygen atoms in total. The minimum Gasteiger partial charge on any atom is -0.389 e. The van der Waals surface area contributed by atoms with Crippen molar-refractivity contribution in [2.45, 2.75) is 31.6 Å². The Bertz CT molecular complexity index is 430. The second kappa shape index (κ2) is 8.63. The van der Waals surface area contributed by atoms with Gasteiger partial charge in [0.2, 0.25) is 0 Å². The zero-order chi connectivity index (χ0) is 15.1. The summed E-state index contributed by atoms with van der Waals surface area (Å²) >= 11 is 0. The summed E-state index contributed by atoms with van der Waals surface area (Å²) in [5.74, 6) is 1.57. The molecule has 0 amide bonds. The minimum absolute atomic E-state index is 0.345. The van der Waals surface area contributed by atoms with Crippen molar-refractivity contribution in [3.05, 3.63) is 35.9 Å². The number of ether oxygens (including phenoxy) is 1. The summed E-state index contributed by atoms with van der Waals surface area (Å²) in [6.07, 6.45) is 1.44. The molecule has 118 valence electrons. The molecule has 2 rings (SSSR count). The first-order valence-corrected chi connectivity index (χ1v) is 8.99. The third-order valence-electron chi connectivity index (χ3n) is 3.90. The van der Waals surface area contributed by atoms with Crippen molar-refractivity contribution in [2.24, 2.45) is 0 Å². The fraction of sp³-hybridized carbons (Fsp3) is 0.625. The fourth-order valence-corrected chi connectivity index (χ4v) is 3.92. The van der Waals surface area contributed by atoms with E-state index in [1.807, 2.05) is 37.4 Å². The van der Waals surface area contributed by atoms with Crippen LogP contribution in [0, 0.1) is 0 Å². The van der Waals surface area contributed by atoms with Gasteiger partial charge < -0.3 is 14.7 Å². The molecule has 0 aliphatic carbocycles. The molecule has 0 saturated carbocycles. The van der Waals surface area contributed by atoms with Crippen LogP contribution in [0.4, 0.5) is 0 Å². The summed E-state index contributed by atoms with van der Waals surface area (Å²) in [5, 5.41) is 10.1.